The van der Waals surface area contributed by atoms with Crippen LogP contribution in [0.25, 0.3) is 0 Å². The standard InChI is InChI=1S/C6H13O.2C4H9.Al/c1-3-5-7-6-4-2;2*1-3-4-2;/h1,3-6H2,2H3;2*1,3-4H2,2H3;. The summed E-state index contributed by atoms with van der Waals surface area (Å²) in [4.78, 5) is 0. The van der Waals surface area contributed by atoms with Crippen LogP contribution in [0.3, 0.4) is 0 Å². The van der Waals surface area contributed by atoms with E-state index in [-0.39, 0.29) is 0 Å². The molecule has 0 aromatic rings. The first-order chi connectivity index (χ1) is 7.85. The summed E-state index contributed by atoms with van der Waals surface area (Å²) in [5.74, 6) is 0. The Bertz CT molecular complexity index is 120. The number of hydrogen-bond donors (Lipinski definition) is 0. The molecule has 0 atom stereocenters. The zero-order chi connectivity index (χ0) is 12.1. The quantitative estimate of drug-likeness (QED) is 0.349. The molecular formula is C14H31AlO. The van der Waals surface area contributed by atoms with Crippen molar-refractivity contribution in [1.82, 2.24) is 0 Å². The average Bonchev–Trinajstić information content (AvgIpc) is 2.31. The van der Waals surface area contributed by atoms with E-state index >= 15 is 0 Å². The molecule has 0 N–H and O–H groups in total. The van der Waals surface area contributed by atoms with Gasteiger partial charge in [0.2, 0.25) is 0 Å². The van der Waals surface area contributed by atoms with Crippen molar-refractivity contribution < 1.29 is 4.74 Å². The van der Waals surface area contributed by atoms with Crippen LogP contribution in [-0.4, -0.2) is 27.4 Å². The lowest BCUT2D eigenvalue weighted by molar-refractivity contribution is 0.135. The van der Waals surface area contributed by atoms with Crippen molar-refractivity contribution >= 4 is 14.1 Å². The second-order valence-corrected chi connectivity index (χ2v) is 8.37. The summed E-state index contributed by atoms with van der Waals surface area (Å²) in [6.07, 6.45) is 8.17. The first-order valence-electron chi connectivity index (χ1n) is 7.42. The van der Waals surface area contributed by atoms with Gasteiger partial charge in [0.15, 0.2) is 0 Å². The van der Waals surface area contributed by atoms with E-state index in [4.69, 9.17) is 4.74 Å². The Labute approximate surface area is 107 Å². The second-order valence-electron chi connectivity index (χ2n) is 4.91. The van der Waals surface area contributed by atoms with Gasteiger partial charge in [-0.15, -0.1) is 0 Å². The zero-order valence-electron chi connectivity index (χ0n) is 11.8. The minimum absolute atomic E-state index is 0.401. The van der Waals surface area contributed by atoms with Crippen LogP contribution in [0.2, 0.25) is 15.8 Å². The molecule has 0 rings (SSSR count). The molecule has 0 fully saturated rings. The summed E-state index contributed by atoms with van der Waals surface area (Å²) in [6, 6.07) is 0. The molecule has 0 aliphatic carbocycles. The lowest BCUT2D eigenvalue weighted by atomic mass is 10.4. The van der Waals surface area contributed by atoms with E-state index in [0.29, 0.717) is 0 Å². The minimum atomic E-state index is -0.401. The maximum absolute atomic E-state index is 5.56. The minimum Gasteiger partial charge on any atom is -0.382 e. The Morgan fingerprint density at radius 2 is 1.25 bits per heavy atom. The number of unbranched alkanes of at least 4 members (excludes halogenated alkanes) is 2. The van der Waals surface area contributed by atoms with Crippen molar-refractivity contribution in [2.24, 2.45) is 0 Å². The van der Waals surface area contributed by atoms with E-state index in [1.807, 2.05) is 0 Å². The molecule has 16 heavy (non-hydrogen) atoms. The molecule has 0 radical (unpaired) electrons. The van der Waals surface area contributed by atoms with Crippen LogP contribution in [-0.2, 0) is 4.74 Å². The summed E-state index contributed by atoms with van der Waals surface area (Å²) in [7, 11) is 0. The third-order valence-electron chi connectivity index (χ3n) is 3.18. The smallest absolute Gasteiger partial charge is 0.261 e. The van der Waals surface area contributed by atoms with Gasteiger partial charge in [0.05, 0.1) is 0 Å². The molecule has 0 amide bonds. The van der Waals surface area contributed by atoms with Gasteiger partial charge in [-0.3, -0.25) is 0 Å². The van der Waals surface area contributed by atoms with Gasteiger partial charge in [-0.25, -0.2) is 0 Å². The fraction of sp³-hybridized carbons (Fsp3) is 1.00. The van der Waals surface area contributed by atoms with Crippen molar-refractivity contribution in [3.8, 4) is 0 Å². The molecule has 0 unspecified atom stereocenters. The predicted octanol–water partition coefficient (Wildman–Crippen LogP) is 4.90. The van der Waals surface area contributed by atoms with E-state index in [0.717, 1.165) is 19.6 Å². The van der Waals surface area contributed by atoms with Gasteiger partial charge >= 0.3 is 0 Å². The van der Waals surface area contributed by atoms with E-state index in [2.05, 4.69) is 20.8 Å². The predicted molar refractivity (Wildman–Crippen MR) is 75.7 cm³/mol. The van der Waals surface area contributed by atoms with Gasteiger partial charge in [0.25, 0.3) is 14.1 Å². The van der Waals surface area contributed by atoms with E-state index in [1.165, 1.54) is 37.4 Å². The first kappa shape index (κ1) is 16.5. The molecule has 0 aliphatic rings. The van der Waals surface area contributed by atoms with Crippen molar-refractivity contribution in [3.63, 3.8) is 0 Å². The van der Waals surface area contributed by atoms with E-state index in [9.17, 15) is 0 Å². The van der Waals surface area contributed by atoms with Gasteiger partial charge in [-0.05, 0) is 12.8 Å². The molecule has 0 aromatic carbocycles. The molecule has 0 aromatic heterocycles. The molecule has 0 saturated carbocycles. The van der Waals surface area contributed by atoms with Crippen molar-refractivity contribution in [3.05, 3.63) is 0 Å². The van der Waals surface area contributed by atoms with Crippen LogP contribution < -0.4 is 0 Å². The zero-order valence-corrected chi connectivity index (χ0v) is 12.9. The highest BCUT2D eigenvalue weighted by Gasteiger charge is 2.14. The summed E-state index contributed by atoms with van der Waals surface area (Å²) >= 11 is -0.401. The first-order valence-corrected chi connectivity index (χ1v) is 9.87. The highest BCUT2D eigenvalue weighted by atomic mass is 27.2. The third kappa shape index (κ3) is 11.0. The molecular weight excluding hydrogens is 211 g/mol. The highest BCUT2D eigenvalue weighted by Crippen LogP contribution is 2.15. The molecule has 0 aliphatic heterocycles. The molecule has 0 heterocycles. The van der Waals surface area contributed by atoms with Gasteiger partial charge in [-0.1, -0.05) is 62.3 Å². The Balaban J connectivity index is 3.48. The summed E-state index contributed by atoms with van der Waals surface area (Å²) in [5.41, 5.74) is 0. The Morgan fingerprint density at radius 3 is 1.75 bits per heavy atom. The summed E-state index contributed by atoms with van der Waals surface area (Å²) in [6.45, 7) is 8.77. The van der Waals surface area contributed by atoms with Crippen LogP contribution in [0.1, 0.15) is 59.3 Å². The third-order valence-corrected chi connectivity index (χ3v) is 6.86. The maximum Gasteiger partial charge on any atom is 0.261 e. The normalized spacial score (nSPS) is 10.7. The molecule has 0 bridgehead atoms. The van der Waals surface area contributed by atoms with Gasteiger partial charge in [0, 0.05) is 13.2 Å². The van der Waals surface area contributed by atoms with Crippen LogP contribution in [0.15, 0.2) is 0 Å². The topological polar surface area (TPSA) is 9.23 Å². The van der Waals surface area contributed by atoms with Crippen LogP contribution in [0, 0.1) is 0 Å². The summed E-state index contributed by atoms with van der Waals surface area (Å²) < 4.78 is 5.56. The number of rotatable bonds is 12. The monoisotopic (exact) mass is 242 g/mol. The van der Waals surface area contributed by atoms with Crippen LogP contribution in [0.5, 0.6) is 0 Å². The van der Waals surface area contributed by atoms with E-state index in [1.54, 1.807) is 10.6 Å². The Hall–Kier alpha value is 0.492. The Kier molecular flexibility index (Phi) is 14.0. The van der Waals surface area contributed by atoms with Crippen molar-refractivity contribution in [2.45, 2.75) is 75.1 Å². The highest BCUT2D eigenvalue weighted by molar-refractivity contribution is 6.58. The van der Waals surface area contributed by atoms with Crippen molar-refractivity contribution in [1.29, 1.82) is 0 Å². The SMILES string of the molecule is CCC[CH2][Al]([CH2]CCC)[CH2]CCOCCC. The van der Waals surface area contributed by atoms with E-state index < -0.39 is 14.1 Å². The maximum atomic E-state index is 5.56. The van der Waals surface area contributed by atoms with Crippen LogP contribution >= 0.6 is 0 Å². The molecule has 0 saturated heterocycles. The Morgan fingerprint density at radius 1 is 0.688 bits per heavy atom. The van der Waals surface area contributed by atoms with Gasteiger partial charge in [-0.2, -0.15) is 0 Å². The molecule has 2 heteroatoms. The number of ether oxygens (including phenoxy) is 1. The average molecular weight is 242 g/mol. The summed E-state index contributed by atoms with van der Waals surface area (Å²) in [5, 5.41) is 4.66. The van der Waals surface area contributed by atoms with Crippen molar-refractivity contribution in [2.75, 3.05) is 13.2 Å². The second kappa shape index (κ2) is 13.6. The van der Waals surface area contributed by atoms with Crippen LogP contribution in [0.4, 0.5) is 0 Å². The lowest BCUT2D eigenvalue weighted by Gasteiger charge is -2.11. The fourth-order valence-electron chi connectivity index (χ4n) is 2.14. The lowest BCUT2D eigenvalue weighted by Crippen LogP contribution is -2.13. The number of hydrogen-bond acceptors (Lipinski definition) is 1. The van der Waals surface area contributed by atoms with Gasteiger partial charge < -0.3 is 4.74 Å². The molecule has 0 spiro atoms. The van der Waals surface area contributed by atoms with Gasteiger partial charge in [0.1, 0.15) is 0 Å². The molecule has 96 valence electrons. The molecule has 1 nitrogen and oxygen atoms in total. The largest absolute Gasteiger partial charge is 0.382 e. The fourth-order valence-corrected chi connectivity index (χ4v) is 5.72.